The minimum atomic E-state index is -0.363. The van der Waals surface area contributed by atoms with Gasteiger partial charge in [-0.25, -0.2) is 9.07 Å². The summed E-state index contributed by atoms with van der Waals surface area (Å²) in [7, 11) is 0. The number of anilines is 1. The average Bonchev–Trinajstić information content (AvgIpc) is 2.87. The Labute approximate surface area is 158 Å². The first kappa shape index (κ1) is 18.1. The van der Waals surface area contributed by atoms with E-state index < -0.39 is 0 Å². The molecule has 0 aliphatic carbocycles. The standard InChI is InChI=1S/C19H17BrFN3O2/c1-12-18(22-19(25)14-5-3-6-15(20)9-14)13(2)24(23-12)11-26-17-8-4-7-16(21)10-17/h3-10H,11H2,1-2H3,(H,22,25). The second kappa shape index (κ2) is 7.70. The van der Waals surface area contributed by atoms with Crippen LogP contribution in [0.25, 0.3) is 0 Å². The van der Waals surface area contributed by atoms with Crippen LogP contribution in [0.5, 0.6) is 5.75 Å². The maximum atomic E-state index is 13.2. The zero-order valence-electron chi connectivity index (χ0n) is 14.3. The zero-order chi connectivity index (χ0) is 18.7. The molecule has 0 saturated heterocycles. The number of nitrogens with one attached hydrogen (secondary N) is 1. The van der Waals surface area contributed by atoms with Gasteiger partial charge in [0.2, 0.25) is 0 Å². The fourth-order valence-electron chi connectivity index (χ4n) is 2.51. The molecule has 1 aromatic heterocycles. The highest BCUT2D eigenvalue weighted by Crippen LogP contribution is 2.22. The molecule has 0 atom stereocenters. The van der Waals surface area contributed by atoms with Crippen molar-refractivity contribution < 1.29 is 13.9 Å². The smallest absolute Gasteiger partial charge is 0.255 e. The lowest BCUT2D eigenvalue weighted by atomic mass is 10.2. The number of carbonyl (C=O) groups is 1. The third kappa shape index (κ3) is 4.11. The van der Waals surface area contributed by atoms with E-state index in [1.54, 1.807) is 35.0 Å². The maximum absolute atomic E-state index is 13.2. The lowest BCUT2D eigenvalue weighted by Crippen LogP contribution is -2.13. The number of carbonyl (C=O) groups excluding carboxylic acids is 1. The molecule has 0 unspecified atom stereocenters. The predicted octanol–water partition coefficient (Wildman–Crippen LogP) is 4.69. The number of ether oxygens (including phenoxy) is 1. The van der Waals surface area contributed by atoms with E-state index in [4.69, 9.17) is 4.74 Å². The molecule has 0 fully saturated rings. The number of amides is 1. The second-order valence-electron chi connectivity index (χ2n) is 5.74. The number of hydrogen-bond acceptors (Lipinski definition) is 3. The van der Waals surface area contributed by atoms with E-state index in [1.807, 2.05) is 19.9 Å². The summed E-state index contributed by atoms with van der Waals surface area (Å²) in [6.07, 6.45) is 0. The molecule has 0 radical (unpaired) electrons. The van der Waals surface area contributed by atoms with Crippen molar-refractivity contribution in [2.45, 2.75) is 20.6 Å². The topological polar surface area (TPSA) is 56.1 Å². The summed E-state index contributed by atoms with van der Waals surface area (Å²) in [5, 5.41) is 7.28. The van der Waals surface area contributed by atoms with Crippen molar-refractivity contribution in [3.8, 4) is 5.75 Å². The summed E-state index contributed by atoms with van der Waals surface area (Å²) < 4.78 is 21.2. The summed E-state index contributed by atoms with van der Waals surface area (Å²) in [6, 6.07) is 13.1. The fourth-order valence-corrected chi connectivity index (χ4v) is 2.91. The van der Waals surface area contributed by atoms with Crippen molar-refractivity contribution in [3.63, 3.8) is 0 Å². The Morgan fingerprint density at radius 1 is 1.23 bits per heavy atom. The van der Waals surface area contributed by atoms with Crippen LogP contribution in [0.15, 0.2) is 53.0 Å². The average molecular weight is 418 g/mol. The molecule has 5 nitrogen and oxygen atoms in total. The number of hydrogen-bond donors (Lipinski definition) is 1. The molecule has 0 bridgehead atoms. The van der Waals surface area contributed by atoms with Crippen molar-refractivity contribution in [3.05, 3.63) is 75.8 Å². The van der Waals surface area contributed by atoms with Crippen LogP contribution < -0.4 is 10.1 Å². The molecular formula is C19H17BrFN3O2. The minimum Gasteiger partial charge on any atom is -0.471 e. The summed E-state index contributed by atoms with van der Waals surface area (Å²) >= 11 is 3.36. The summed E-state index contributed by atoms with van der Waals surface area (Å²) in [4.78, 5) is 12.5. The molecule has 0 aliphatic heterocycles. The van der Waals surface area contributed by atoms with E-state index in [-0.39, 0.29) is 18.5 Å². The summed E-state index contributed by atoms with van der Waals surface area (Å²) in [5.41, 5.74) is 2.61. The van der Waals surface area contributed by atoms with Gasteiger partial charge < -0.3 is 10.1 Å². The SMILES string of the molecule is Cc1nn(COc2cccc(F)c2)c(C)c1NC(=O)c1cccc(Br)c1. The largest absolute Gasteiger partial charge is 0.471 e. The van der Waals surface area contributed by atoms with Crippen LogP contribution in [0.4, 0.5) is 10.1 Å². The number of halogens is 2. The van der Waals surface area contributed by atoms with Crippen LogP contribution >= 0.6 is 15.9 Å². The number of benzene rings is 2. The van der Waals surface area contributed by atoms with Gasteiger partial charge in [-0.2, -0.15) is 5.10 Å². The zero-order valence-corrected chi connectivity index (χ0v) is 15.9. The van der Waals surface area contributed by atoms with Crippen molar-refractivity contribution in [1.29, 1.82) is 0 Å². The Bertz CT molecular complexity index is 956. The summed E-state index contributed by atoms with van der Waals surface area (Å²) in [5.74, 6) is -0.168. The van der Waals surface area contributed by atoms with Gasteiger partial charge >= 0.3 is 0 Å². The van der Waals surface area contributed by atoms with Gasteiger partial charge in [-0.15, -0.1) is 0 Å². The van der Waals surface area contributed by atoms with Crippen LogP contribution in [-0.2, 0) is 6.73 Å². The van der Waals surface area contributed by atoms with Crippen molar-refractivity contribution in [1.82, 2.24) is 9.78 Å². The van der Waals surface area contributed by atoms with E-state index in [2.05, 4.69) is 26.3 Å². The normalized spacial score (nSPS) is 10.6. The van der Waals surface area contributed by atoms with Gasteiger partial charge in [0.05, 0.1) is 17.1 Å². The first-order chi connectivity index (χ1) is 12.4. The van der Waals surface area contributed by atoms with E-state index >= 15 is 0 Å². The Morgan fingerprint density at radius 2 is 2.00 bits per heavy atom. The van der Waals surface area contributed by atoms with Crippen LogP contribution in [0.3, 0.4) is 0 Å². The van der Waals surface area contributed by atoms with Gasteiger partial charge in [0, 0.05) is 16.1 Å². The highest BCUT2D eigenvalue weighted by Gasteiger charge is 2.15. The maximum Gasteiger partial charge on any atom is 0.255 e. The second-order valence-corrected chi connectivity index (χ2v) is 6.66. The molecule has 0 saturated carbocycles. The molecule has 3 aromatic rings. The van der Waals surface area contributed by atoms with Gasteiger partial charge in [0.25, 0.3) is 5.91 Å². The molecule has 0 aliphatic rings. The predicted molar refractivity (Wildman–Crippen MR) is 101 cm³/mol. The first-order valence-electron chi connectivity index (χ1n) is 7.93. The molecule has 7 heteroatoms. The molecule has 2 aromatic carbocycles. The van der Waals surface area contributed by atoms with Crippen molar-refractivity contribution in [2.75, 3.05) is 5.32 Å². The number of aryl methyl sites for hydroxylation is 1. The molecule has 26 heavy (non-hydrogen) atoms. The molecule has 3 rings (SSSR count). The van der Waals surface area contributed by atoms with E-state index in [0.717, 1.165) is 10.2 Å². The third-order valence-corrected chi connectivity index (χ3v) is 4.35. The van der Waals surface area contributed by atoms with Gasteiger partial charge in [-0.1, -0.05) is 28.1 Å². The number of rotatable bonds is 5. The lowest BCUT2D eigenvalue weighted by molar-refractivity contribution is 0.102. The van der Waals surface area contributed by atoms with Crippen LogP contribution in [0.1, 0.15) is 21.7 Å². The van der Waals surface area contributed by atoms with E-state index in [0.29, 0.717) is 22.7 Å². The molecule has 0 spiro atoms. The quantitative estimate of drug-likeness (QED) is 0.654. The van der Waals surface area contributed by atoms with Gasteiger partial charge in [0.1, 0.15) is 11.6 Å². The van der Waals surface area contributed by atoms with Gasteiger partial charge in [0.15, 0.2) is 6.73 Å². The van der Waals surface area contributed by atoms with Crippen LogP contribution in [-0.4, -0.2) is 15.7 Å². The summed E-state index contributed by atoms with van der Waals surface area (Å²) in [6.45, 7) is 3.76. The van der Waals surface area contributed by atoms with Crippen LogP contribution in [0, 0.1) is 19.7 Å². The third-order valence-electron chi connectivity index (χ3n) is 3.86. The van der Waals surface area contributed by atoms with Crippen molar-refractivity contribution >= 4 is 27.5 Å². The fraction of sp³-hybridized carbons (Fsp3) is 0.158. The van der Waals surface area contributed by atoms with Gasteiger partial charge in [-0.05, 0) is 44.2 Å². The first-order valence-corrected chi connectivity index (χ1v) is 8.72. The highest BCUT2D eigenvalue weighted by atomic mass is 79.9. The molecule has 1 N–H and O–H groups in total. The molecular weight excluding hydrogens is 401 g/mol. The Balaban J connectivity index is 1.74. The Morgan fingerprint density at radius 3 is 2.73 bits per heavy atom. The Kier molecular flexibility index (Phi) is 5.37. The lowest BCUT2D eigenvalue weighted by Gasteiger charge is -2.09. The van der Waals surface area contributed by atoms with E-state index in [1.165, 1.54) is 12.1 Å². The number of nitrogens with zero attached hydrogens (tertiary/aromatic N) is 2. The molecule has 134 valence electrons. The highest BCUT2D eigenvalue weighted by molar-refractivity contribution is 9.10. The molecule has 1 heterocycles. The monoisotopic (exact) mass is 417 g/mol. The van der Waals surface area contributed by atoms with E-state index in [9.17, 15) is 9.18 Å². The number of aromatic nitrogens is 2. The van der Waals surface area contributed by atoms with Crippen molar-refractivity contribution in [2.24, 2.45) is 0 Å². The van der Waals surface area contributed by atoms with Crippen LogP contribution in [0.2, 0.25) is 0 Å². The minimum absolute atomic E-state index is 0.114. The Hall–Kier alpha value is -2.67. The van der Waals surface area contributed by atoms with Gasteiger partial charge in [-0.3, -0.25) is 4.79 Å². The molecule has 1 amide bonds.